The van der Waals surface area contributed by atoms with Crippen molar-refractivity contribution < 1.29 is 23.8 Å². The van der Waals surface area contributed by atoms with Crippen molar-refractivity contribution in [3.05, 3.63) is 70.9 Å². The number of carbonyl (C=O) groups excluding carboxylic acids is 2. The lowest BCUT2D eigenvalue weighted by atomic mass is 9.95. The normalized spacial score (nSPS) is 16.1. The van der Waals surface area contributed by atoms with E-state index < -0.39 is 18.0 Å². The first kappa shape index (κ1) is 19.3. The molecule has 0 bridgehead atoms. The Morgan fingerprint density at radius 1 is 1.07 bits per heavy atom. The zero-order valence-corrected chi connectivity index (χ0v) is 15.9. The molecule has 0 aromatic heterocycles. The molecule has 1 atom stereocenters. The predicted molar refractivity (Wildman–Crippen MR) is 103 cm³/mol. The van der Waals surface area contributed by atoms with Crippen molar-refractivity contribution in [3.63, 3.8) is 0 Å². The van der Waals surface area contributed by atoms with Gasteiger partial charge in [-0.2, -0.15) is 0 Å². The number of hydrogen-bond acceptors (Lipinski definition) is 5. The zero-order valence-electron chi connectivity index (χ0n) is 15.9. The van der Waals surface area contributed by atoms with E-state index in [2.05, 4.69) is 10.6 Å². The lowest BCUT2D eigenvalue weighted by Crippen LogP contribution is -2.45. The van der Waals surface area contributed by atoms with E-state index in [0.717, 1.165) is 5.56 Å². The molecule has 0 saturated heterocycles. The fourth-order valence-electron chi connectivity index (χ4n) is 3.04. The fourth-order valence-corrected chi connectivity index (χ4v) is 3.04. The summed E-state index contributed by atoms with van der Waals surface area (Å²) in [5.74, 6) is 0.553. The van der Waals surface area contributed by atoms with Crippen molar-refractivity contribution in [3.8, 4) is 11.5 Å². The Morgan fingerprint density at radius 3 is 2.50 bits per heavy atom. The van der Waals surface area contributed by atoms with Gasteiger partial charge in [0.2, 0.25) is 0 Å². The Morgan fingerprint density at radius 2 is 1.82 bits per heavy atom. The third kappa shape index (κ3) is 4.09. The quantitative estimate of drug-likeness (QED) is 0.750. The van der Waals surface area contributed by atoms with Gasteiger partial charge in [0.1, 0.15) is 6.61 Å². The van der Waals surface area contributed by atoms with Gasteiger partial charge in [-0.15, -0.1) is 0 Å². The molecule has 3 rings (SSSR count). The highest BCUT2D eigenvalue weighted by atomic mass is 16.5. The first-order valence-electron chi connectivity index (χ1n) is 8.74. The summed E-state index contributed by atoms with van der Waals surface area (Å²) < 4.78 is 16.2. The molecule has 0 aliphatic carbocycles. The number of esters is 1. The molecule has 0 fully saturated rings. The number of urea groups is 1. The van der Waals surface area contributed by atoms with Gasteiger partial charge in [0.15, 0.2) is 11.5 Å². The summed E-state index contributed by atoms with van der Waals surface area (Å²) in [6, 6.07) is 14.0. The van der Waals surface area contributed by atoms with Crippen LogP contribution in [0.4, 0.5) is 4.79 Å². The highest BCUT2D eigenvalue weighted by Gasteiger charge is 2.32. The smallest absolute Gasteiger partial charge is 0.337 e. The first-order valence-corrected chi connectivity index (χ1v) is 8.74. The lowest BCUT2D eigenvalue weighted by Gasteiger charge is -2.28. The number of nitrogens with one attached hydrogen (secondary N) is 2. The van der Waals surface area contributed by atoms with Crippen LogP contribution in [0.2, 0.25) is 0 Å². The number of hydrogen-bond donors (Lipinski definition) is 2. The molecule has 2 amide bonds. The first-order chi connectivity index (χ1) is 13.5. The molecule has 1 heterocycles. The molecule has 1 aliphatic heterocycles. The van der Waals surface area contributed by atoms with Crippen LogP contribution in [-0.4, -0.2) is 26.2 Å². The van der Waals surface area contributed by atoms with Gasteiger partial charge in [-0.3, -0.25) is 0 Å². The van der Waals surface area contributed by atoms with E-state index in [0.29, 0.717) is 34.9 Å². The van der Waals surface area contributed by atoms with Crippen LogP contribution in [0.15, 0.2) is 59.8 Å². The Balaban J connectivity index is 1.88. The second-order valence-electron chi connectivity index (χ2n) is 6.25. The monoisotopic (exact) mass is 382 g/mol. The van der Waals surface area contributed by atoms with Crippen molar-refractivity contribution >= 4 is 12.0 Å². The van der Waals surface area contributed by atoms with Gasteiger partial charge in [-0.05, 0) is 30.2 Å². The van der Waals surface area contributed by atoms with Crippen LogP contribution >= 0.6 is 0 Å². The molecule has 0 saturated carbocycles. The molecular weight excluding hydrogens is 360 g/mol. The van der Waals surface area contributed by atoms with Gasteiger partial charge in [0.25, 0.3) is 0 Å². The second kappa shape index (κ2) is 8.47. The van der Waals surface area contributed by atoms with Crippen molar-refractivity contribution in [1.29, 1.82) is 0 Å². The summed E-state index contributed by atoms with van der Waals surface area (Å²) in [6.45, 7) is 2.06. The SMILES string of the molecule is COC(=O)C1=C(C)NC(=O)NC1c1ccc(OCc2ccccc2)c(OC)c1. The number of methoxy groups -OCH3 is 2. The Labute approximate surface area is 163 Å². The van der Waals surface area contributed by atoms with E-state index in [1.54, 1.807) is 25.1 Å². The third-order valence-electron chi connectivity index (χ3n) is 4.43. The van der Waals surface area contributed by atoms with Crippen LogP contribution in [0.3, 0.4) is 0 Å². The summed E-state index contributed by atoms with van der Waals surface area (Å²) in [4.78, 5) is 24.2. The summed E-state index contributed by atoms with van der Waals surface area (Å²) in [5, 5.41) is 5.35. The van der Waals surface area contributed by atoms with Gasteiger partial charge in [-0.1, -0.05) is 36.4 Å². The molecule has 7 heteroatoms. The minimum atomic E-state index is -0.654. The maximum absolute atomic E-state index is 12.2. The van der Waals surface area contributed by atoms with Crippen LogP contribution in [0.1, 0.15) is 24.1 Å². The zero-order chi connectivity index (χ0) is 20.1. The topological polar surface area (TPSA) is 85.9 Å². The Hall–Kier alpha value is -3.48. The minimum Gasteiger partial charge on any atom is -0.493 e. The van der Waals surface area contributed by atoms with E-state index in [1.165, 1.54) is 14.2 Å². The van der Waals surface area contributed by atoms with Crippen molar-refractivity contribution in [2.45, 2.75) is 19.6 Å². The summed E-state index contributed by atoms with van der Waals surface area (Å²) in [6.07, 6.45) is 0. The number of carbonyl (C=O) groups is 2. The predicted octanol–water partition coefficient (Wildman–Crippen LogP) is 3.08. The van der Waals surface area contributed by atoms with Crippen molar-refractivity contribution in [2.24, 2.45) is 0 Å². The molecular formula is C21H22N2O5. The van der Waals surface area contributed by atoms with Crippen molar-refractivity contribution in [1.82, 2.24) is 10.6 Å². The summed E-state index contributed by atoms with van der Waals surface area (Å²) in [5.41, 5.74) is 2.50. The van der Waals surface area contributed by atoms with Crippen LogP contribution in [0.5, 0.6) is 11.5 Å². The third-order valence-corrected chi connectivity index (χ3v) is 4.43. The van der Waals surface area contributed by atoms with Gasteiger partial charge >= 0.3 is 12.0 Å². The summed E-state index contributed by atoms with van der Waals surface area (Å²) >= 11 is 0. The number of benzene rings is 2. The van der Waals surface area contributed by atoms with E-state index >= 15 is 0 Å². The van der Waals surface area contributed by atoms with Gasteiger partial charge < -0.3 is 24.8 Å². The molecule has 28 heavy (non-hydrogen) atoms. The molecule has 2 aromatic rings. The highest BCUT2D eigenvalue weighted by Crippen LogP contribution is 2.34. The van der Waals surface area contributed by atoms with Crippen LogP contribution in [0, 0.1) is 0 Å². The average molecular weight is 382 g/mol. The molecule has 2 aromatic carbocycles. The van der Waals surface area contributed by atoms with Gasteiger partial charge in [0.05, 0.1) is 25.8 Å². The largest absolute Gasteiger partial charge is 0.493 e. The molecule has 7 nitrogen and oxygen atoms in total. The molecule has 0 radical (unpaired) electrons. The number of rotatable bonds is 6. The molecule has 0 spiro atoms. The van der Waals surface area contributed by atoms with Crippen LogP contribution in [0.25, 0.3) is 0 Å². The summed E-state index contributed by atoms with van der Waals surface area (Å²) in [7, 11) is 2.84. The van der Waals surface area contributed by atoms with Crippen LogP contribution in [-0.2, 0) is 16.1 Å². The molecule has 1 unspecified atom stereocenters. The number of amides is 2. The van der Waals surface area contributed by atoms with Gasteiger partial charge in [-0.25, -0.2) is 9.59 Å². The molecule has 146 valence electrons. The average Bonchev–Trinajstić information content (AvgIpc) is 2.71. The maximum atomic E-state index is 12.2. The van der Waals surface area contributed by atoms with E-state index in [1.807, 2.05) is 30.3 Å². The highest BCUT2D eigenvalue weighted by molar-refractivity contribution is 5.95. The fraction of sp³-hybridized carbons (Fsp3) is 0.238. The standard InChI is InChI=1S/C21H22N2O5/c1-13-18(20(24)27-3)19(23-21(25)22-13)15-9-10-16(17(11-15)26-2)28-12-14-7-5-4-6-8-14/h4-11,19H,12H2,1-3H3,(H2,22,23,25). The minimum absolute atomic E-state index is 0.335. The Kier molecular flexibility index (Phi) is 5.84. The lowest BCUT2D eigenvalue weighted by molar-refractivity contribution is -0.136. The van der Waals surface area contributed by atoms with Crippen LogP contribution < -0.4 is 20.1 Å². The van der Waals surface area contributed by atoms with E-state index in [9.17, 15) is 9.59 Å². The number of ether oxygens (including phenoxy) is 3. The molecule has 1 aliphatic rings. The van der Waals surface area contributed by atoms with Gasteiger partial charge in [0, 0.05) is 5.70 Å². The van der Waals surface area contributed by atoms with Crippen molar-refractivity contribution in [2.75, 3.05) is 14.2 Å². The molecule has 2 N–H and O–H groups in total. The second-order valence-corrected chi connectivity index (χ2v) is 6.25. The van der Waals surface area contributed by atoms with E-state index in [4.69, 9.17) is 14.2 Å². The Bertz CT molecular complexity index is 908. The van der Waals surface area contributed by atoms with E-state index in [-0.39, 0.29) is 0 Å². The maximum Gasteiger partial charge on any atom is 0.337 e. The number of allylic oxidation sites excluding steroid dienone is 1.